The molecular weight excluding hydrogens is 278 g/mol. The van der Waals surface area contributed by atoms with Gasteiger partial charge < -0.3 is 5.32 Å². The van der Waals surface area contributed by atoms with E-state index < -0.39 is 0 Å². The smallest absolute Gasteiger partial charge is 0.0766 e. The Morgan fingerprint density at radius 2 is 2.00 bits per heavy atom. The zero-order chi connectivity index (χ0) is 13.0. The van der Waals surface area contributed by atoms with Gasteiger partial charge in [0.2, 0.25) is 0 Å². The SMILES string of the molecule is CCc1nn(CC)c(CC(C)C(C)NC)c1Br. The number of hydrogen-bond donors (Lipinski definition) is 1. The summed E-state index contributed by atoms with van der Waals surface area (Å²) in [5, 5.41) is 7.95. The van der Waals surface area contributed by atoms with Gasteiger partial charge in [0, 0.05) is 12.6 Å². The van der Waals surface area contributed by atoms with E-state index in [1.54, 1.807) is 0 Å². The van der Waals surface area contributed by atoms with Crippen LogP contribution in [0.4, 0.5) is 0 Å². The van der Waals surface area contributed by atoms with Crippen molar-refractivity contribution >= 4 is 15.9 Å². The molecule has 0 radical (unpaired) electrons. The molecule has 0 amide bonds. The second kappa shape index (κ2) is 6.55. The van der Waals surface area contributed by atoms with E-state index in [4.69, 9.17) is 0 Å². The lowest BCUT2D eigenvalue weighted by Gasteiger charge is -2.19. The van der Waals surface area contributed by atoms with E-state index in [1.807, 2.05) is 7.05 Å². The summed E-state index contributed by atoms with van der Waals surface area (Å²) in [7, 11) is 2.02. The number of hydrogen-bond acceptors (Lipinski definition) is 2. The summed E-state index contributed by atoms with van der Waals surface area (Å²) in [5.74, 6) is 0.600. The fraction of sp³-hybridized carbons (Fsp3) is 0.769. The molecule has 1 aromatic heterocycles. The molecule has 0 aliphatic heterocycles. The number of nitrogens with one attached hydrogen (secondary N) is 1. The quantitative estimate of drug-likeness (QED) is 0.875. The number of rotatable bonds is 6. The van der Waals surface area contributed by atoms with Crippen LogP contribution in [0.3, 0.4) is 0 Å². The van der Waals surface area contributed by atoms with Crippen LogP contribution >= 0.6 is 15.9 Å². The third kappa shape index (κ3) is 3.32. The molecule has 0 aromatic carbocycles. The third-order valence-electron chi connectivity index (χ3n) is 3.52. The molecule has 1 N–H and O–H groups in total. The maximum absolute atomic E-state index is 4.63. The summed E-state index contributed by atoms with van der Waals surface area (Å²) in [6, 6.07) is 0.521. The normalized spacial score (nSPS) is 14.9. The fourth-order valence-corrected chi connectivity index (χ4v) is 2.70. The van der Waals surface area contributed by atoms with Gasteiger partial charge in [-0.1, -0.05) is 13.8 Å². The highest BCUT2D eigenvalue weighted by molar-refractivity contribution is 9.10. The Hall–Kier alpha value is -0.350. The van der Waals surface area contributed by atoms with Crippen molar-refractivity contribution in [2.24, 2.45) is 5.92 Å². The third-order valence-corrected chi connectivity index (χ3v) is 4.43. The first-order valence-electron chi connectivity index (χ1n) is 6.46. The van der Waals surface area contributed by atoms with E-state index in [-0.39, 0.29) is 0 Å². The Bertz CT molecular complexity index is 360. The Morgan fingerprint density at radius 1 is 1.35 bits per heavy atom. The Labute approximate surface area is 113 Å². The number of aromatic nitrogens is 2. The molecule has 3 nitrogen and oxygen atoms in total. The van der Waals surface area contributed by atoms with Crippen LogP contribution in [0, 0.1) is 5.92 Å². The number of halogens is 1. The van der Waals surface area contributed by atoms with Gasteiger partial charge in [0.25, 0.3) is 0 Å². The number of nitrogens with zero attached hydrogens (tertiary/aromatic N) is 2. The Morgan fingerprint density at radius 3 is 2.47 bits per heavy atom. The zero-order valence-corrected chi connectivity index (χ0v) is 13.1. The van der Waals surface area contributed by atoms with E-state index in [9.17, 15) is 0 Å². The molecule has 98 valence electrons. The van der Waals surface area contributed by atoms with Crippen LogP contribution in [0.15, 0.2) is 4.47 Å². The van der Waals surface area contributed by atoms with Crippen LogP contribution < -0.4 is 5.32 Å². The fourth-order valence-electron chi connectivity index (χ4n) is 1.98. The second-order valence-corrected chi connectivity index (χ2v) is 5.43. The summed E-state index contributed by atoms with van der Waals surface area (Å²) in [5.41, 5.74) is 2.50. The topological polar surface area (TPSA) is 29.9 Å². The lowest BCUT2D eigenvalue weighted by molar-refractivity contribution is 0.411. The zero-order valence-electron chi connectivity index (χ0n) is 11.5. The first-order valence-corrected chi connectivity index (χ1v) is 7.25. The summed E-state index contributed by atoms with van der Waals surface area (Å²) >= 11 is 3.70. The predicted molar refractivity (Wildman–Crippen MR) is 76.4 cm³/mol. The summed E-state index contributed by atoms with van der Waals surface area (Å²) in [4.78, 5) is 0. The molecular formula is C13H24BrN3. The first-order chi connectivity index (χ1) is 8.04. The molecule has 17 heavy (non-hydrogen) atoms. The van der Waals surface area contributed by atoms with Crippen LogP contribution in [-0.4, -0.2) is 22.9 Å². The largest absolute Gasteiger partial charge is 0.317 e. The van der Waals surface area contributed by atoms with E-state index in [2.05, 4.69) is 58.7 Å². The lowest BCUT2D eigenvalue weighted by atomic mass is 9.98. The van der Waals surface area contributed by atoms with Crippen molar-refractivity contribution < 1.29 is 0 Å². The molecule has 0 bridgehead atoms. The number of aryl methyl sites for hydroxylation is 2. The minimum Gasteiger partial charge on any atom is -0.317 e. The predicted octanol–water partition coefficient (Wildman–Crippen LogP) is 3.01. The lowest BCUT2D eigenvalue weighted by Crippen LogP contribution is -2.30. The van der Waals surface area contributed by atoms with Crippen molar-refractivity contribution in [3.05, 3.63) is 15.9 Å². The van der Waals surface area contributed by atoms with Crippen molar-refractivity contribution in [3.63, 3.8) is 0 Å². The molecule has 0 fully saturated rings. The second-order valence-electron chi connectivity index (χ2n) is 4.64. The highest BCUT2D eigenvalue weighted by Gasteiger charge is 2.18. The van der Waals surface area contributed by atoms with E-state index >= 15 is 0 Å². The highest BCUT2D eigenvalue weighted by atomic mass is 79.9. The van der Waals surface area contributed by atoms with Crippen molar-refractivity contribution in [2.45, 2.75) is 53.1 Å². The molecule has 0 saturated carbocycles. The van der Waals surface area contributed by atoms with Gasteiger partial charge >= 0.3 is 0 Å². The molecule has 0 aliphatic carbocycles. The monoisotopic (exact) mass is 301 g/mol. The van der Waals surface area contributed by atoms with Crippen molar-refractivity contribution in [2.75, 3.05) is 7.05 Å². The van der Waals surface area contributed by atoms with Crippen LogP contribution in [0.1, 0.15) is 39.1 Å². The minimum atomic E-state index is 0.521. The van der Waals surface area contributed by atoms with Crippen molar-refractivity contribution in [1.29, 1.82) is 0 Å². The van der Waals surface area contributed by atoms with Crippen molar-refractivity contribution in [3.8, 4) is 0 Å². The maximum atomic E-state index is 4.63. The molecule has 4 heteroatoms. The first kappa shape index (κ1) is 14.7. The standard InChI is InChI=1S/C13H24BrN3/c1-6-11-13(14)12(17(7-2)16-11)8-9(3)10(4)15-5/h9-10,15H,6-8H2,1-5H3. The van der Waals surface area contributed by atoms with Gasteiger partial charge in [-0.05, 0) is 55.6 Å². The minimum absolute atomic E-state index is 0.521. The molecule has 0 saturated heterocycles. The van der Waals surface area contributed by atoms with Gasteiger partial charge in [0.1, 0.15) is 0 Å². The average Bonchev–Trinajstić information content (AvgIpc) is 2.65. The van der Waals surface area contributed by atoms with Crippen molar-refractivity contribution in [1.82, 2.24) is 15.1 Å². The van der Waals surface area contributed by atoms with E-state index in [0.717, 1.165) is 19.4 Å². The summed E-state index contributed by atoms with van der Waals surface area (Å²) in [6.07, 6.45) is 2.04. The molecule has 1 heterocycles. The van der Waals surface area contributed by atoms with E-state index in [1.165, 1.54) is 15.9 Å². The maximum Gasteiger partial charge on any atom is 0.0766 e. The highest BCUT2D eigenvalue weighted by Crippen LogP contribution is 2.25. The van der Waals surface area contributed by atoms with Gasteiger partial charge in [0.05, 0.1) is 15.9 Å². The van der Waals surface area contributed by atoms with E-state index in [0.29, 0.717) is 12.0 Å². The van der Waals surface area contributed by atoms with Crippen LogP contribution in [-0.2, 0) is 19.4 Å². The molecule has 2 unspecified atom stereocenters. The molecule has 1 aromatic rings. The molecule has 0 aliphatic rings. The van der Waals surface area contributed by atoms with Gasteiger partial charge in [-0.15, -0.1) is 0 Å². The Kier molecular flexibility index (Phi) is 5.67. The molecule has 2 atom stereocenters. The molecule has 1 rings (SSSR count). The van der Waals surface area contributed by atoms with Gasteiger partial charge in [-0.3, -0.25) is 4.68 Å². The van der Waals surface area contributed by atoms with Gasteiger partial charge in [-0.25, -0.2) is 0 Å². The summed E-state index contributed by atoms with van der Waals surface area (Å²) < 4.78 is 3.33. The Balaban J connectivity index is 2.92. The van der Waals surface area contributed by atoms with Crippen LogP contribution in [0.2, 0.25) is 0 Å². The average molecular weight is 302 g/mol. The summed E-state index contributed by atoms with van der Waals surface area (Å²) in [6.45, 7) is 9.75. The molecule has 0 spiro atoms. The van der Waals surface area contributed by atoms with Crippen LogP contribution in [0.5, 0.6) is 0 Å². The van der Waals surface area contributed by atoms with Gasteiger partial charge in [0.15, 0.2) is 0 Å². The van der Waals surface area contributed by atoms with Crippen LogP contribution in [0.25, 0.3) is 0 Å². The van der Waals surface area contributed by atoms with Gasteiger partial charge in [-0.2, -0.15) is 5.10 Å².